The average Bonchev–Trinajstić information content (AvgIpc) is 2.24. The van der Waals surface area contributed by atoms with Gasteiger partial charge in [-0.25, -0.2) is 9.78 Å². The van der Waals surface area contributed by atoms with Crippen LogP contribution in [0.5, 0.6) is 0 Å². The van der Waals surface area contributed by atoms with E-state index >= 15 is 0 Å². The molecule has 0 saturated carbocycles. The molecule has 0 spiro atoms. The summed E-state index contributed by atoms with van der Waals surface area (Å²) in [7, 11) is 0. The fourth-order valence-electron chi connectivity index (χ4n) is 1.65. The molecule has 0 bridgehead atoms. The maximum absolute atomic E-state index is 11.9. The van der Waals surface area contributed by atoms with E-state index in [2.05, 4.69) is 42.2 Å². The molecule has 0 aliphatic rings. The Balaban J connectivity index is 2.88. The highest BCUT2D eigenvalue weighted by molar-refractivity contribution is 9.11. The van der Waals surface area contributed by atoms with Crippen LogP contribution < -0.4 is 5.32 Å². The fraction of sp³-hybridized carbons (Fsp3) is 0.571. The van der Waals surface area contributed by atoms with Gasteiger partial charge >= 0.3 is 6.09 Å². The molecular formula is C14H20Br2N2O3. The van der Waals surface area contributed by atoms with Crippen LogP contribution in [-0.4, -0.2) is 27.3 Å². The molecule has 0 fully saturated rings. The summed E-state index contributed by atoms with van der Waals surface area (Å²) >= 11 is 6.57. The Kier molecular flexibility index (Phi) is 5.80. The molecule has 0 aromatic carbocycles. The smallest absolute Gasteiger partial charge is 0.408 e. The van der Waals surface area contributed by atoms with Crippen LogP contribution in [-0.2, 0) is 4.74 Å². The van der Waals surface area contributed by atoms with Crippen LogP contribution in [0.2, 0.25) is 0 Å². The number of halogens is 2. The summed E-state index contributed by atoms with van der Waals surface area (Å²) in [6.45, 7) is 8.79. The van der Waals surface area contributed by atoms with Gasteiger partial charge in [0.1, 0.15) is 20.9 Å². The Morgan fingerprint density at radius 3 is 2.33 bits per heavy atom. The van der Waals surface area contributed by atoms with Gasteiger partial charge in [0.15, 0.2) is 0 Å². The van der Waals surface area contributed by atoms with Gasteiger partial charge in [-0.3, -0.25) is 0 Å². The second-order valence-electron chi connectivity index (χ2n) is 6.27. The van der Waals surface area contributed by atoms with Crippen LogP contribution in [0.25, 0.3) is 0 Å². The van der Waals surface area contributed by atoms with Gasteiger partial charge in [-0.2, -0.15) is 0 Å². The van der Waals surface area contributed by atoms with Gasteiger partial charge in [0.05, 0.1) is 5.54 Å². The minimum atomic E-state index is -0.944. The molecule has 1 rings (SSSR count). The molecule has 7 heteroatoms. The number of hydrogen-bond donors (Lipinski definition) is 2. The lowest BCUT2D eigenvalue weighted by atomic mass is 9.92. The lowest BCUT2D eigenvalue weighted by Gasteiger charge is -2.33. The minimum Gasteiger partial charge on any atom is -0.444 e. The number of pyridine rings is 1. The number of ether oxygens (including phenoxy) is 1. The number of rotatable bonds is 3. The van der Waals surface area contributed by atoms with Gasteiger partial charge in [0.2, 0.25) is 0 Å². The van der Waals surface area contributed by atoms with Gasteiger partial charge in [-0.1, -0.05) is 6.07 Å². The zero-order chi connectivity index (χ0) is 16.4. The van der Waals surface area contributed by atoms with Crippen LogP contribution in [0.15, 0.2) is 21.3 Å². The summed E-state index contributed by atoms with van der Waals surface area (Å²) in [5.74, 6) is 0. The lowest BCUT2D eigenvalue weighted by Crippen LogP contribution is -2.49. The predicted octanol–water partition coefficient (Wildman–Crippen LogP) is 3.94. The number of aliphatic hydroxyl groups excluding tert-OH is 1. The largest absolute Gasteiger partial charge is 0.444 e. The third-order valence-corrected chi connectivity index (χ3v) is 3.72. The van der Waals surface area contributed by atoms with Crippen molar-refractivity contribution in [3.8, 4) is 0 Å². The molecule has 1 aromatic rings. The van der Waals surface area contributed by atoms with Crippen LogP contribution >= 0.6 is 31.9 Å². The summed E-state index contributed by atoms with van der Waals surface area (Å²) in [6.07, 6.45) is -1.52. The first-order chi connectivity index (χ1) is 9.42. The predicted molar refractivity (Wildman–Crippen MR) is 88.0 cm³/mol. The summed E-state index contributed by atoms with van der Waals surface area (Å²) < 4.78 is 6.39. The number of carbonyl (C=O) groups excluding carboxylic acids is 1. The Bertz CT molecular complexity index is 527. The molecule has 2 N–H and O–H groups in total. The second-order valence-corrected chi connectivity index (χ2v) is 7.83. The van der Waals surface area contributed by atoms with Gasteiger partial charge in [0, 0.05) is 5.56 Å². The molecule has 1 heterocycles. The van der Waals surface area contributed by atoms with E-state index < -0.39 is 23.3 Å². The Morgan fingerprint density at radius 1 is 1.29 bits per heavy atom. The molecule has 1 aromatic heterocycles. The van der Waals surface area contributed by atoms with Crippen molar-refractivity contribution in [1.82, 2.24) is 10.3 Å². The van der Waals surface area contributed by atoms with Crippen molar-refractivity contribution in [1.29, 1.82) is 0 Å². The molecule has 0 radical (unpaired) electrons. The Hall–Kier alpha value is -0.660. The summed E-state index contributed by atoms with van der Waals surface area (Å²) in [4.78, 5) is 16.0. The first kappa shape index (κ1) is 18.4. The third-order valence-electron chi connectivity index (χ3n) is 2.64. The standard InChI is InChI=1S/C14H20Br2N2O3/c1-13(2,3)21-12(20)18-14(4,5)10(19)8-6-7-9(15)17-11(8)16/h6-7,10,19H,1-5H3,(H,18,20). The molecule has 0 aliphatic heterocycles. The van der Waals surface area contributed by atoms with E-state index in [1.807, 2.05) is 0 Å². The average molecular weight is 424 g/mol. The molecule has 5 nitrogen and oxygen atoms in total. The van der Waals surface area contributed by atoms with E-state index in [9.17, 15) is 9.90 Å². The van der Waals surface area contributed by atoms with Gasteiger partial charge in [0.25, 0.3) is 0 Å². The first-order valence-corrected chi connectivity index (χ1v) is 8.02. The topological polar surface area (TPSA) is 71.5 Å². The van der Waals surface area contributed by atoms with Crippen molar-refractivity contribution < 1.29 is 14.6 Å². The van der Waals surface area contributed by atoms with E-state index in [0.717, 1.165) is 0 Å². The number of hydrogen-bond acceptors (Lipinski definition) is 4. The number of amides is 1. The van der Waals surface area contributed by atoms with Crippen LogP contribution in [0.1, 0.15) is 46.3 Å². The van der Waals surface area contributed by atoms with E-state index in [0.29, 0.717) is 14.8 Å². The number of aromatic nitrogens is 1. The number of carbonyl (C=O) groups is 1. The van der Waals surface area contributed by atoms with Gasteiger partial charge in [-0.05, 0) is 72.5 Å². The van der Waals surface area contributed by atoms with Crippen molar-refractivity contribution in [3.05, 3.63) is 26.9 Å². The van der Waals surface area contributed by atoms with Crippen LogP contribution in [0, 0.1) is 0 Å². The molecule has 1 unspecified atom stereocenters. The number of alkyl carbamates (subject to hydrolysis) is 1. The van der Waals surface area contributed by atoms with Crippen LogP contribution in [0.3, 0.4) is 0 Å². The van der Waals surface area contributed by atoms with E-state index in [1.165, 1.54) is 0 Å². The molecule has 0 aliphatic carbocycles. The lowest BCUT2D eigenvalue weighted by molar-refractivity contribution is 0.0289. The summed E-state index contributed by atoms with van der Waals surface area (Å²) in [5, 5.41) is 13.2. The molecule has 1 atom stereocenters. The van der Waals surface area contributed by atoms with Crippen molar-refractivity contribution in [2.24, 2.45) is 0 Å². The van der Waals surface area contributed by atoms with Crippen molar-refractivity contribution in [3.63, 3.8) is 0 Å². The maximum Gasteiger partial charge on any atom is 0.408 e. The molecule has 21 heavy (non-hydrogen) atoms. The van der Waals surface area contributed by atoms with Crippen molar-refractivity contribution >= 4 is 38.0 Å². The highest BCUT2D eigenvalue weighted by Crippen LogP contribution is 2.31. The monoisotopic (exact) mass is 422 g/mol. The molecule has 0 saturated heterocycles. The van der Waals surface area contributed by atoms with Crippen molar-refractivity contribution in [2.75, 3.05) is 0 Å². The quantitative estimate of drug-likeness (QED) is 0.722. The molecule has 1 amide bonds. The molecule has 118 valence electrons. The van der Waals surface area contributed by atoms with E-state index in [-0.39, 0.29) is 0 Å². The highest BCUT2D eigenvalue weighted by Gasteiger charge is 2.34. The summed E-state index contributed by atoms with van der Waals surface area (Å²) in [6, 6.07) is 3.47. The van der Waals surface area contributed by atoms with Gasteiger partial charge in [-0.15, -0.1) is 0 Å². The van der Waals surface area contributed by atoms with E-state index in [1.54, 1.807) is 46.8 Å². The van der Waals surface area contributed by atoms with Crippen molar-refractivity contribution in [2.45, 2.75) is 51.9 Å². The van der Waals surface area contributed by atoms with Crippen LogP contribution in [0.4, 0.5) is 4.79 Å². The number of nitrogens with one attached hydrogen (secondary N) is 1. The SMILES string of the molecule is CC(C)(C)OC(=O)NC(C)(C)C(O)c1ccc(Br)nc1Br. The Labute approximate surface area is 141 Å². The Morgan fingerprint density at radius 2 is 1.86 bits per heavy atom. The number of nitrogens with zero attached hydrogens (tertiary/aromatic N) is 1. The number of aliphatic hydroxyl groups is 1. The third kappa shape index (κ3) is 5.56. The fourth-order valence-corrected chi connectivity index (χ4v) is 2.74. The zero-order valence-corrected chi connectivity index (χ0v) is 15.9. The normalized spacial score (nSPS) is 13.7. The highest BCUT2D eigenvalue weighted by atomic mass is 79.9. The maximum atomic E-state index is 11.9. The molecular weight excluding hydrogens is 404 g/mol. The first-order valence-electron chi connectivity index (χ1n) is 6.43. The van der Waals surface area contributed by atoms with E-state index in [4.69, 9.17) is 4.74 Å². The zero-order valence-electron chi connectivity index (χ0n) is 12.7. The second kappa shape index (κ2) is 6.62. The minimum absolute atomic E-state index is 0.517. The summed E-state index contributed by atoms with van der Waals surface area (Å²) in [5.41, 5.74) is -0.926. The van der Waals surface area contributed by atoms with Gasteiger partial charge < -0.3 is 15.2 Å².